The van der Waals surface area contributed by atoms with E-state index >= 15 is 0 Å². The Kier molecular flexibility index (Phi) is 4.65. The van der Waals surface area contributed by atoms with Crippen molar-refractivity contribution in [3.8, 4) is 0 Å². The fourth-order valence-electron chi connectivity index (χ4n) is 2.98. The summed E-state index contributed by atoms with van der Waals surface area (Å²) in [6.07, 6.45) is -9.28. The van der Waals surface area contributed by atoms with E-state index in [-0.39, 0.29) is 0 Å². The molecule has 12 heteroatoms. The minimum Gasteiger partial charge on any atom is -0.394 e. The third-order valence-electron chi connectivity index (χ3n) is 4.49. The second kappa shape index (κ2) is 5.97. The summed E-state index contributed by atoms with van der Waals surface area (Å²) in [7, 11) is 0. The minimum atomic E-state index is -2.24. The summed E-state index contributed by atoms with van der Waals surface area (Å²) in [4.78, 5) is -2.13. The molecule has 3 aliphatic rings. The maximum absolute atomic E-state index is 10.4. The molecule has 0 aromatic rings. The summed E-state index contributed by atoms with van der Waals surface area (Å²) in [6, 6.07) is 0. The van der Waals surface area contributed by atoms with Crippen molar-refractivity contribution in [2.45, 2.75) is 52.5 Å². The normalized spacial score (nSPS) is 57.0. The standard InChI is InChI=1S/C12H20O11S/c13-1-4-6(16)8(18)10(3-15,21-4)23-12-11(20,24-12)9(19)7(17)5(2-14)22-12/h4-9,13-20H,1-3H2/t4-,5-,6-,7-,8+,9+,10?,11+,12-/m1/s1. The zero-order chi connectivity index (χ0) is 17.9. The van der Waals surface area contributed by atoms with Crippen LogP contribution < -0.4 is 0 Å². The van der Waals surface area contributed by atoms with Crippen LogP contribution in [0.1, 0.15) is 0 Å². The van der Waals surface area contributed by atoms with Gasteiger partial charge in [-0.3, -0.25) is 4.74 Å². The van der Waals surface area contributed by atoms with Crippen molar-refractivity contribution in [1.82, 2.24) is 0 Å². The van der Waals surface area contributed by atoms with Gasteiger partial charge in [0.05, 0.1) is 13.2 Å². The molecule has 0 aliphatic carbocycles. The van der Waals surface area contributed by atoms with Gasteiger partial charge in [-0.05, 0) is 11.8 Å². The van der Waals surface area contributed by atoms with Gasteiger partial charge in [-0.1, -0.05) is 0 Å². The number of ether oxygens (including phenoxy) is 3. The van der Waals surface area contributed by atoms with E-state index in [9.17, 15) is 35.7 Å². The molecule has 24 heavy (non-hydrogen) atoms. The summed E-state index contributed by atoms with van der Waals surface area (Å²) < 4.78 is 16.0. The van der Waals surface area contributed by atoms with Crippen molar-refractivity contribution < 1.29 is 55.1 Å². The topological polar surface area (TPSA) is 190 Å². The number of fused-ring (bicyclic) bond motifs is 1. The average Bonchev–Trinajstić information content (AvgIpc) is 3.10. The quantitative estimate of drug-likeness (QED) is 0.215. The highest BCUT2D eigenvalue weighted by Gasteiger charge is 2.83. The van der Waals surface area contributed by atoms with Gasteiger partial charge < -0.3 is 50.3 Å². The minimum absolute atomic E-state index is 0.536. The number of rotatable bonds is 5. The molecule has 8 N–H and O–H groups in total. The van der Waals surface area contributed by atoms with Gasteiger partial charge in [0.2, 0.25) is 10.7 Å². The summed E-state index contributed by atoms with van der Waals surface area (Å²) in [5.74, 6) is -2.24. The third-order valence-corrected chi connectivity index (χ3v) is 5.87. The smallest absolute Gasteiger partial charge is 0.267 e. The average molecular weight is 372 g/mol. The first-order chi connectivity index (χ1) is 11.2. The highest BCUT2D eigenvalue weighted by atomic mass is 32.2. The summed E-state index contributed by atoms with van der Waals surface area (Å²) in [6.45, 7) is -2.33. The van der Waals surface area contributed by atoms with Crippen molar-refractivity contribution in [1.29, 1.82) is 0 Å². The van der Waals surface area contributed by atoms with E-state index in [1.54, 1.807) is 0 Å². The Morgan fingerprint density at radius 3 is 1.92 bits per heavy atom. The molecule has 0 radical (unpaired) electrons. The van der Waals surface area contributed by atoms with Crippen LogP contribution in [-0.4, -0.2) is 113 Å². The van der Waals surface area contributed by atoms with E-state index in [0.717, 1.165) is 0 Å². The molecule has 3 saturated heterocycles. The van der Waals surface area contributed by atoms with Crippen molar-refractivity contribution in [2.75, 3.05) is 19.8 Å². The van der Waals surface area contributed by atoms with Gasteiger partial charge in [0.1, 0.15) is 43.2 Å². The fourth-order valence-corrected chi connectivity index (χ4v) is 4.16. The van der Waals surface area contributed by atoms with Crippen molar-refractivity contribution >= 4 is 11.8 Å². The van der Waals surface area contributed by atoms with Crippen molar-refractivity contribution in [2.24, 2.45) is 0 Å². The Morgan fingerprint density at radius 2 is 1.42 bits per heavy atom. The second-order valence-electron chi connectivity index (χ2n) is 5.98. The lowest BCUT2D eigenvalue weighted by atomic mass is 9.99. The molecule has 140 valence electrons. The summed E-state index contributed by atoms with van der Waals surface area (Å²) in [5.41, 5.74) is 0. The zero-order valence-electron chi connectivity index (χ0n) is 12.3. The molecule has 0 spiro atoms. The van der Waals surface area contributed by atoms with Gasteiger partial charge >= 0.3 is 0 Å². The summed E-state index contributed by atoms with van der Waals surface area (Å²) >= 11 is 0.536. The van der Waals surface area contributed by atoms with Crippen LogP contribution in [0.4, 0.5) is 0 Å². The van der Waals surface area contributed by atoms with Crippen LogP contribution in [0, 0.1) is 0 Å². The van der Waals surface area contributed by atoms with Gasteiger partial charge in [-0.2, -0.15) is 0 Å². The van der Waals surface area contributed by atoms with Gasteiger partial charge in [0.25, 0.3) is 5.12 Å². The maximum Gasteiger partial charge on any atom is 0.267 e. The van der Waals surface area contributed by atoms with Crippen LogP contribution in [0.15, 0.2) is 0 Å². The molecule has 11 nitrogen and oxygen atoms in total. The third kappa shape index (κ3) is 2.35. The first-order valence-electron chi connectivity index (χ1n) is 7.23. The molecular weight excluding hydrogens is 352 g/mol. The molecule has 0 saturated carbocycles. The molecule has 0 aromatic carbocycles. The molecule has 9 atom stereocenters. The Morgan fingerprint density at radius 1 is 0.875 bits per heavy atom. The van der Waals surface area contributed by atoms with Crippen LogP contribution in [0.3, 0.4) is 0 Å². The molecule has 0 aromatic heterocycles. The van der Waals surface area contributed by atoms with Crippen LogP contribution in [-0.2, 0) is 14.2 Å². The highest BCUT2D eigenvalue weighted by molar-refractivity contribution is 8.09. The lowest BCUT2D eigenvalue weighted by Gasteiger charge is -2.41. The largest absolute Gasteiger partial charge is 0.394 e. The lowest BCUT2D eigenvalue weighted by Crippen LogP contribution is -2.62. The number of hydrogen-bond donors (Lipinski definition) is 8. The maximum atomic E-state index is 10.4. The van der Waals surface area contributed by atoms with Crippen LogP contribution in [0.2, 0.25) is 0 Å². The Hall–Kier alpha value is -0.0900. The van der Waals surface area contributed by atoms with Crippen LogP contribution in [0.25, 0.3) is 0 Å². The van der Waals surface area contributed by atoms with Crippen LogP contribution >= 0.6 is 11.8 Å². The van der Waals surface area contributed by atoms with E-state index < -0.39 is 72.3 Å². The van der Waals surface area contributed by atoms with E-state index in [4.69, 9.17) is 19.3 Å². The Balaban J connectivity index is 1.87. The van der Waals surface area contributed by atoms with E-state index in [0.29, 0.717) is 11.8 Å². The van der Waals surface area contributed by atoms with E-state index in [1.165, 1.54) is 0 Å². The SMILES string of the molecule is OC[C@H]1OC(CO)(O[C@]23O[C@H](CO)[C@@H](O)[C@H](O)[C@]2(O)S3)[C@@H](O)[C@@H]1O. The number of aliphatic hydroxyl groups excluding tert-OH is 7. The van der Waals surface area contributed by atoms with Gasteiger partial charge in [-0.25, -0.2) is 0 Å². The molecule has 3 heterocycles. The van der Waals surface area contributed by atoms with E-state index in [2.05, 4.69) is 0 Å². The molecule has 3 rings (SSSR count). The van der Waals surface area contributed by atoms with Gasteiger partial charge in [0, 0.05) is 0 Å². The monoisotopic (exact) mass is 372 g/mol. The summed E-state index contributed by atoms with van der Waals surface area (Å²) in [5, 5.41) is 76.1. The lowest BCUT2D eigenvalue weighted by molar-refractivity contribution is -0.385. The first-order valence-corrected chi connectivity index (χ1v) is 8.05. The van der Waals surface area contributed by atoms with Crippen molar-refractivity contribution in [3.05, 3.63) is 0 Å². The van der Waals surface area contributed by atoms with Gasteiger partial charge in [0.15, 0.2) is 0 Å². The molecule has 3 aliphatic heterocycles. The van der Waals surface area contributed by atoms with E-state index in [1.807, 2.05) is 0 Å². The molecule has 0 amide bonds. The zero-order valence-corrected chi connectivity index (χ0v) is 13.1. The predicted molar refractivity (Wildman–Crippen MR) is 74.1 cm³/mol. The molecule has 1 unspecified atom stereocenters. The number of hydrogen-bond acceptors (Lipinski definition) is 12. The Labute approximate surface area is 140 Å². The Bertz CT molecular complexity index is 496. The van der Waals surface area contributed by atoms with Crippen LogP contribution in [0.5, 0.6) is 0 Å². The first kappa shape index (κ1) is 18.7. The van der Waals surface area contributed by atoms with Gasteiger partial charge in [-0.15, -0.1) is 0 Å². The molecule has 0 bridgehead atoms. The molecule has 3 fully saturated rings. The fraction of sp³-hybridized carbons (Fsp3) is 1.00. The molecular formula is C12H20O11S. The van der Waals surface area contributed by atoms with Crippen molar-refractivity contribution in [3.63, 3.8) is 0 Å². The number of aliphatic hydroxyl groups is 8. The second-order valence-corrected chi connectivity index (χ2v) is 7.34. The number of thioether (sulfide) groups is 1. The predicted octanol–water partition coefficient (Wildman–Crippen LogP) is -4.99. The highest BCUT2D eigenvalue weighted by Crippen LogP contribution is 2.69.